The number of nitrogens with zero attached hydrogens (tertiary/aromatic N) is 2. The molecule has 0 bridgehead atoms. The molecule has 0 unspecified atom stereocenters. The lowest BCUT2D eigenvalue weighted by atomic mass is 9.92. The van der Waals surface area contributed by atoms with E-state index < -0.39 is 11.6 Å². The summed E-state index contributed by atoms with van der Waals surface area (Å²) in [6, 6.07) is 1.36. The lowest BCUT2D eigenvalue weighted by Gasteiger charge is -2.22. The van der Waals surface area contributed by atoms with Crippen LogP contribution in [-0.2, 0) is 4.79 Å². The second-order valence-corrected chi connectivity index (χ2v) is 4.74. The van der Waals surface area contributed by atoms with Crippen LogP contribution in [0.5, 0.6) is 0 Å². The molecule has 0 radical (unpaired) electrons. The Labute approximate surface area is 95.4 Å². The zero-order valence-electron chi connectivity index (χ0n) is 9.91. The summed E-state index contributed by atoms with van der Waals surface area (Å²) in [5.74, 6) is 0.186. The van der Waals surface area contributed by atoms with Crippen molar-refractivity contribution in [2.24, 2.45) is 5.92 Å². The number of hydrogen-bond donors (Lipinski definition) is 1. The van der Waals surface area contributed by atoms with Gasteiger partial charge in [-0.2, -0.15) is 5.26 Å². The van der Waals surface area contributed by atoms with Crippen LogP contribution in [-0.4, -0.2) is 28.9 Å². The summed E-state index contributed by atoms with van der Waals surface area (Å²) in [6.45, 7) is 5.67. The van der Waals surface area contributed by atoms with E-state index in [2.05, 4.69) is 19.2 Å². The minimum absolute atomic E-state index is 0.179. The molecule has 0 aromatic carbocycles. The van der Waals surface area contributed by atoms with Gasteiger partial charge in [-0.15, -0.1) is 0 Å². The second kappa shape index (κ2) is 4.52. The summed E-state index contributed by atoms with van der Waals surface area (Å²) in [5.41, 5.74) is -0.835. The average Bonchev–Trinajstić information content (AvgIpc) is 2.41. The van der Waals surface area contributed by atoms with Crippen molar-refractivity contribution in [2.75, 3.05) is 6.54 Å². The Balaban J connectivity index is 2.73. The van der Waals surface area contributed by atoms with Crippen LogP contribution in [0.25, 0.3) is 0 Å². The van der Waals surface area contributed by atoms with Crippen LogP contribution in [0.1, 0.15) is 33.6 Å². The third-order valence-corrected chi connectivity index (χ3v) is 2.80. The predicted molar refractivity (Wildman–Crippen MR) is 58.3 cm³/mol. The van der Waals surface area contributed by atoms with Crippen LogP contribution < -0.4 is 5.32 Å². The maximum atomic E-state index is 11.9. The monoisotopic (exact) mass is 223 g/mol. The fraction of sp³-hybridized carbons (Fsp3) is 0.727. The molecule has 0 spiro atoms. The van der Waals surface area contributed by atoms with E-state index in [1.54, 1.807) is 6.92 Å². The molecule has 88 valence electrons. The van der Waals surface area contributed by atoms with Crippen molar-refractivity contribution in [2.45, 2.75) is 39.2 Å². The fourth-order valence-electron chi connectivity index (χ4n) is 1.71. The Hall–Kier alpha value is -1.57. The number of carbonyl (C=O) groups is 2. The van der Waals surface area contributed by atoms with Gasteiger partial charge in [0.15, 0.2) is 0 Å². The zero-order chi connectivity index (χ0) is 12.3. The van der Waals surface area contributed by atoms with E-state index in [1.165, 1.54) is 0 Å². The van der Waals surface area contributed by atoms with Gasteiger partial charge in [-0.3, -0.25) is 4.79 Å². The van der Waals surface area contributed by atoms with Crippen molar-refractivity contribution in [1.29, 1.82) is 5.26 Å². The molecular formula is C11H17N3O2. The van der Waals surface area contributed by atoms with Crippen LogP contribution in [0.2, 0.25) is 0 Å². The first-order valence-corrected chi connectivity index (χ1v) is 5.42. The summed E-state index contributed by atoms with van der Waals surface area (Å²) >= 11 is 0. The van der Waals surface area contributed by atoms with Gasteiger partial charge in [0, 0.05) is 0 Å². The highest BCUT2D eigenvalue weighted by molar-refractivity contribution is 6.06. The number of carbonyl (C=O) groups excluding carboxylic acids is 2. The van der Waals surface area contributed by atoms with Crippen LogP contribution in [0, 0.1) is 17.2 Å². The zero-order valence-corrected chi connectivity index (χ0v) is 9.91. The lowest BCUT2D eigenvalue weighted by Crippen LogP contribution is -2.44. The average molecular weight is 223 g/mol. The molecule has 1 N–H and O–H groups in total. The van der Waals surface area contributed by atoms with Gasteiger partial charge in [-0.1, -0.05) is 13.8 Å². The van der Waals surface area contributed by atoms with E-state index >= 15 is 0 Å². The van der Waals surface area contributed by atoms with Gasteiger partial charge in [0.1, 0.15) is 12.1 Å². The highest BCUT2D eigenvalue weighted by Gasteiger charge is 2.47. The first-order chi connectivity index (χ1) is 7.40. The normalized spacial score (nSPS) is 24.8. The standard InChI is InChI=1S/C11H17N3O2/c1-8(2)4-5-11(3)9(15)14(7-6-12)10(16)13-11/h8H,4-5,7H2,1-3H3,(H,13,16)/t11-/m0/s1. The molecule has 3 amide bonds. The summed E-state index contributed by atoms with van der Waals surface area (Å²) in [6.07, 6.45) is 1.47. The Morgan fingerprint density at radius 2 is 2.12 bits per heavy atom. The number of imide groups is 1. The van der Waals surface area contributed by atoms with Crippen molar-refractivity contribution >= 4 is 11.9 Å². The van der Waals surface area contributed by atoms with Gasteiger partial charge < -0.3 is 5.32 Å². The summed E-state index contributed by atoms with van der Waals surface area (Å²) in [4.78, 5) is 24.4. The number of nitriles is 1. The third-order valence-electron chi connectivity index (χ3n) is 2.80. The van der Waals surface area contributed by atoms with Gasteiger partial charge in [0.2, 0.25) is 0 Å². The fourth-order valence-corrected chi connectivity index (χ4v) is 1.71. The summed E-state index contributed by atoms with van der Waals surface area (Å²) in [5, 5.41) is 11.2. The molecule has 1 atom stereocenters. The smallest absolute Gasteiger partial charge is 0.323 e. The van der Waals surface area contributed by atoms with Crippen LogP contribution in [0.15, 0.2) is 0 Å². The van der Waals surface area contributed by atoms with Gasteiger partial charge in [-0.25, -0.2) is 9.69 Å². The van der Waals surface area contributed by atoms with Gasteiger partial charge >= 0.3 is 6.03 Å². The van der Waals surface area contributed by atoms with Crippen molar-refractivity contribution in [3.05, 3.63) is 0 Å². The first-order valence-electron chi connectivity index (χ1n) is 5.42. The quantitative estimate of drug-likeness (QED) is 0.576. The SMILES string of the molecule is CC(C)CC[C@]1(C)NC(=O)N(CC#N)C1=O. The minimum Gasteiger partial charge on any atom is -0.323 e. The van der Waals surface area contributed by atoms with E-state index in [9.17, 15) is 9.59 Å². The molecule has 0 aromatic rings. The molecule has 1 saturated heterocycles. The maximum Gasteiger partial charge on any atom is 0.325 e. The lowest BCUT2D eigenvalue weighted by molar-refractivity contribution is -0.130. The number of urea groups is 1. The molecule has 0 aromatic heterocycles. The minimum atomic E-state index is -0.835. The molecule has 5 heteroatoms. The largest absolute Gasteiger partial charge is 0.325 e. The van der Waals surface area contributed by atoms with E-state index in [4.69, 9.17) is 5.26 Å². The number of nitrogens with one attached hydrogen (secondary N) is 1. The number of rotatable bonds is 4. The molecule has 1 aliphatic heterocycles. The Bertz CT molecular complexity index is 346. The van der Waals surface area contributed by atoms with Gasteiger partial charge in [-0.05, 0) is 25.7 Å². The highest BCUT2D eigenvalue weighted by atomic mass is 16.2. The van der Waals surface area contributed by atoms with E-state index in [0.717, 1.165) is 11.3 Å². The Kier molecular flexibility index (Phi) is 3.53. The molecule has 0 aliphatic carbocycles. The molecular weight excluding hydrogens is 206 g/mol. The molecule has 1 rings (SSSR count). The number of amides is 3. The molecule has 1 fully saturated rings. The van der Waals surface area contributed by atoms with Crippen molar-refractivity contribution < 1.29 is 9.59 Å². The topological polar surface area (TPSA) is 73.2 Å². The molecule has 1 aliphatic rings. The van der Waals surface area contributed by atoms with Crippen LogP contribution in [0.4, 0.5) is 4.79 Å². The second-order valence-electron chi connectivity index (χ2n) is 4.74. The molecule has 0 saturated carbocycles. The van der Waals surface area contributed by atoms with Crippen molar-refractivity contribution in [1.82, 2.24) is 10.2 Å². The number of hydrogen-bond acceptors (Lipinski definition) is 3. The van der Waals surface area contributed by atoms with E-state index in [1.807, 2.05) is 6.07 Å². The highest BCUT2D eigenvalue weighted by Crippen LogP contribution is 2.24. The van der Waals surface area contributed by atoms with Gasteiger partial charge in [0.25, 0.3) is 5.91 Å². The van der Waals surface area contributed by atoms with Crippen LogP contribution in [0.3, 0.4) is 0 Å². The van der Waals surface area contributed by atoms with Crippen molar-refractivity contribution in [3.63, 3.8) is 0 Å². The van der Waals surface area contributed by atoms with Crippen molar-refractivity contribution in [3.8, 4) is 6.07 Å². The van der Waals surface area contributed by atoms with Gasteiger partial charge in [0.05, 0.1) is 6.07 Å². The van der Waals surface area contributed by atoms with Crippen LogP contribution >= 0.6 is 0 Å². The molecule has 16 heavy (non-hydrogen) atoms. The predicted octanol–water partition coefficient (Wildman–Crippen LogP) is 1.26. The molecule has 1 heterocycles. The summed E-state index contributed by atoms with van der Waals surface area (Å²) in [7, 11) is 0. The van der Waals surface area contributed by atoms with E-state index in [-0.39, 0.29) is 12.5 Å². The van der Waals surface area contributed by atoms with E-state index in [0.29, 0.717) is 12.3 Å². The Morgan fingerprint density at radius 3 is 2.62 bits per heavy atom. The first kappa shape index (κ1) is 12.5. The Morgan fingerprint density at radius 1 is 1.50 bits per heavy atom. The summed E-state index contributed by atoms with van der Waals surface area (Å²) < 4.78 is 0. The third kappa shape index (κ3) is 2.32. The maximum absolute atomic E-state index is 11.9. The molecule has 5 nitrogen and oxygen atoms in total.